The number of nitrogens with zero attached hydrogens (tertiary/aromatic N) is 1. The average Bonchev–Trinajstić information content (AvgIpc) is 2.24. The molecular formula is C10H19F3N2O3S. The van der Waals surface area contributed by atoms with Crippen molar-refractivity contribution in [3.05, 3.63) is 0 Å². The van der Waals surface area contributed by atoms with Gasteiger partial charge >= 0.3 is 15.5 Å². The van der Waals surface area contributed by atoms with Crippen molar-refractivity contribution in [2.75, 3.05) is 26.2 Å². The van der Waals surface area contributed by atoms with Crippen LogP contribution in [0.25, 0.3) is 0 Å². The molecule has 0 amide bonds. The van der Waals surface area contributed by atoms with Gasteiger partial charge in [0.1, 0.15) is 0 Å². The molecule has 9 heteroatoms. The zero-order valence-corrected chi connectivity index (χ0v) is 11.9. The molecule has 1 heterocycles. The Balaban J connectivity index is 2.65. The SMILES string of the molecule is CC(C)(C)NC[C@H]1CN(S(=O)(=O)C(F)(F)F)CCO1. The van der Waals surface area contributed by atoms with Gasteiger partial charge in [-0.2, -0.15) is 17.5 Å². The van der Waals surface area contributed by atoms with Crippen LogP contribution in [-0.2, 0) is 14.8 Å². The summed E-state index contributed by atoms with van der Waals surface area (Å²) in [4.78, 5) is 0. The first-order valence-corrected chi connectivity index (χ1v) is 7.30. The van der Waals surface area contributed by atoms with Crippen molar-refractivity contribution in [2.45, 2.75) is 37.9 Å². The summed E-state index contributed by atoms with van der Waals surface area (Å²) in [5, 5.41) is 3.07. The Morgan fingerprint density at radius 2 is 1.89 bits per heavy atom. The second-order valence-electron chi connectivity index (χ2n) is 5.43. The Labute approximate surface area is 111 Å². The van der Waals surface area contributed by atoms with Crippen molar-refractivity contribution in [3.63, 3.8) is 0 Å². The Bertz CT molecular complexity index is 403. The Kier molecular flexibility index (Phi) is 4.87. The van der Waals surface area contributed by atoms with Crippen molar-refractivity contribution in [3.8, 4) is 0 Å². The molecular weight excluding hydrogens is 285 g/mol. The number of alkyl halides is 3. The molecule has 1 aliphatic heterocycles. The predicted octanol–water partition coefficient (Wildman–Crippen LogP) is 0.925. The molecule has 0 radical (unpaired) electrons. The molecule has 5 nitrogen and oxygen atoms in total. The van der Waals surface area contributed by atoms with Crippen LogP contribution in [-0.4, -0.2) is 56.1 Å². The normalized spacial score (nSPS) is 23.6. The predicted molar refractivity (Wildman–Crippen MR) is 64.0 cm³/mol. The van der Waals surface area contributed by atoms with Gasteiger partial charge in [0.05, 0.1) is 12.7 Å². The number of sulfonamides is 1. The summed E-state index contributed by atoms with van der Waals surface area (Å²) in [5.74, 6) is 0. The molecule has 19 heavy (non-hydrogen) atoms. The van der Waals surface area contributed by atoms with Crippen molar-refractivity contribution in [1.29, 1.82) is 0 Å². The molecule has 1 aliphatic rings. The van der Waals surface area contributed by atoms with E-state index in [4.69, 9.17) is 4.74 Å². The van der Waals surface area contributed by atoms with Crippen LogP contribution in [0, 0.1) is 0 Å². The minimum Gasteiger partial charge on any atom is -0.374 e. The van der Waals surface area contributed by atoms with Gasteiger partial charge < -0.3 is 10.1 Å². The molecule has 0 aromatic heterocycles. The second-order valence-corrected chi connectivity index (χ2v) is 7.36. The van der Waals surface area contributed by atoms with E-state index in [1.54, 1.807) is 0 Å². The molecule has 0 aliphatic carbocycles. The Morgan fingerprint density at radius 1 is 1.32 bits per heavy atom. The highest BCUT2D eigenvalue weighted by Crippen LogP contribution is 2.28. The monoisotopic (exact) mass is 304 g/mol. The van der Waals surface area contributed by atoms with Gasteiger partial charge in [0.15, 0.2) is 0 Å². The number of morpholine rings is 1. The van der Waals surface area contributed by atoms with Gasteiger partial charge in [0.2, 0.25) is 0 Å². The zero-order valence-electron chi connectivity index (χ0n) is 11.1. The highest BCUT2D eigenvalue weighted by atomic mass is 32.2. The number of hydrogen-bond acceptors (Lipinski definition) is 4. The standard InChI is InChI=1S/C10H19F3N2O3S/c1-9(2,3)14-6-8-7-15(4-5-18-8)19(16,17)10(11,12)13/h8,14H,4-7H2,1-3H3/t8-/m0/s1. The van der Waals surface area contributed by atoms with Crippen LogP contribution < -0.4 is 5.32 Å². The third-order valence-electron chi connectivity index (χ3n) is 2.59. The number of ether oxygens (including phenoxy) is 1. The third kappa shape index (κ3) is 4.59. The van der Waals surface area contributed by atoms with Crippen LogP contribution in [0.5, 0.6) is 0 Å². The maximum Gasteiger partial charge on any atom is 0.511 e. The van der Waals surface area contributed by atoms with Gasteiger partial charge in [-0.15, -0.1) is 0 Å². The lowest BCUT2D eigenvalue weighted by atomic mass is 10.1. The van der Waals surface area contributed by atoms with E-state index in [1.807, 2.05) is 20.8 Å². The molecule has 1 N–H and O–H groups in total. The van der Waals surface area contributed by atoms with Crippen LogP contribution in [0.4, 0.5) is 13.2 Å². The molecule has 0 unspecified atom stereocenters. The fourth-order valence-electron chi connectivity index (χ4n) is 1.60. The van der Waals surface area contributed by atoms with E-state index in [2.05, 4.69) is 5.32 Å². The van der Waals surface area contributed by atoms with E-state index in [0.29, 0.717) is 10.8 Å². The highest BCUT2D eigenvalue weighted by Gasteiger charge is 2.50. The lowest BCUT2D eigenvalue weighted by Crippen LogP contribution is -2.53. The number of nitrogens with one attached hydrogen (secondary N) is 1. The molecule has 0 bridgehead atoms. The van der Waals surface area contributed by atoms with Gasteiger partial charge in [-0.05, 0) is 20.8 Å². The van der Waals surface area contributed by atoms with Crippen LogP contribution in [0.3, 0.4) is 0 Å². The highest BCUT2D eigenvalue weighted by molar-refractivity contribution is 7.90. The number of halogens is 3. The van der Waals surface area contributed by atoms with Crippen molar-refractivity contribution in [2.24, 2.45) is 0 Å². The summed E-state index contributed by atoms with van der Waals surface area (Å²) in [5.41, 5.74) is -5.47. The lowest BCUT2D eigenvalue weighted by Gasteiger charge is -2.34. The molecule has 0 saturated carbocycles. The van der Waals surface area contributed by atoms with Crippen LogP contribution in [0.1, 0.15) is 20.8 Å². The zero-order chi connectivity index (χ0) is 14.9. The average molecular weight is 304 g/mol. The summed E-state index contributed by atoms with van der Waals surface area (Å²) in [6.07, 6.45) is -0.579. The van der Waals surface area contributed by atoms with E-state index in [-0.39, 0.29) is 25.2 Å². The van der Waals surface area contributed by atoms with Gasteiger partial charge in [0, 0.05) is 25.2 Å². The number of rotatable bonds is 3. The van der Waals surface area contributed by atoms with Gasteiger partial charge in [0.25, 0.3) is 0 Å². The number of hydrogen-bond donors (Lipinski definition) is 1. The Hall–Kier alpha value is -0.380. The van der Waals surface area contributed by atoms with Gasteiger partial charge in [-0.25, -0.2) is 8.42 Å². The van der Waals surface area contributed by atoms with Crippen LogP contribution in [0.15, 0.2) is 0 Å². The summed E-state index contributed by atoms with van der Waals surface area (Å²) >= 11 is 0. The first kappa shape index (κ1) is 16.7. The lowest BCUT2D eigenvalue weighted by molar-refractivity contribution is -0.0571. The quantitative estimate of drug-likeness (QED) is 0.842. The first-order valence-electron chi connectivity index (χ1n) is 5.86. The summed E-state index contributed by atoms with van der Waals surface area (Å²) in [6, 6.07) is 0. The fraction of sp³-hybridized carbons (Fsp3) is 1.00. The maximum atomic E-state index is 12.4. The van der Waals surface area contributed by atoms with E-state index < -0.39 is 21.6 Å². The maximum absolute atomic E-state index is 12.4. The van der Waals surface area contributed by atoms with E-state index in [9.17, 15) is 21.6 Å². The summed E-state index contributed by atoms with van der Waals surface area (Å²) < 4.78 is 65.6. The minimum atomic E-state index is -5.26. The van der Waals surface area contributed by atoms with Crippen molar-refractivity contribution >= 4 is 10.0 Å². The van der Waals surface area contributed by atoms with Crippen LogP contribution in [0.2, 0.25) is 0 Å². The van der Waals surface area contributed by atoms with Crippen molar-refractivity contribution < 1.29 is 26.3 Å². The molecule has 1 fully saturated rings. The smallest absolute Gasteiger partial charge is 0.374 e. The largest absolute Gasteiger partial charge is 0.511 e. The van der Waals surface area contributed by atoms with Gasteiger partial charge in [-0.1, -0.05) is 0 Å². The summed E-state index contributed by atoms with van der Waals surface area (Å²) in [6.45, 7) is 5.41. The molecule has 0 spiro atoms. The van der Waals surface area contributed by atoms with Crippen molar-refractivity contribution in [1.82, 2.24) is 9.62 Å². The van der Waals surface area contributed by atoms with E-state index in [0.717, 1.165) is 0 Å². The molecule has 114 valence electrons. The second kappa shape index (κ2) is 5.55. The minimum absolute atomic E-state index is 0.0359. The molecule has 0 aromatic rings. The first-order chi connectivity index (χ1) is 8.43. The summed E-state index contributed by atoms with van der Waals surface area (Å²) in [7, 11) is -5.26. The molecule has 1 rings (SSSR count). The third-order valence-corrected chi connectivity index (χ3v) is 4.19. The van der Waals surface area contributed by atoms with Crippen LogP contribution >= 0.6 is 0 Å². The Morgan fingerprint density at radius 3 is 2.37 bits per heavy atom. The molecule has 0 aromatic carbocycles. The molecule has 1 atom stereocenters. The van der Waals surface area contributed by atoms with E-state index >= 15 is 0 Å². The fourth-order valence-corrected chi connectivity index (χ4v) is 2.57. The topological polar surface area (TPSA) is 58.6 Å². The van der Waals surface area contributed by atoms with E-state index in [1.165, 1.54) is 0 Å². The van der Waals surface area contributed by atoms with Gasteiger partial charge in [-0.3, -0.25) is 0 Å². The molecule has 1 saturated heterocycles.